The predicted octanol–water partition coefficient (Wildman–Crippen LogP) is 0.977. The van der Waals surface area contributed by atoms with Crippen molar-refractivity contribution in [2.75, 3.05) is 20.8 Å². The van der Waals surface area contributed by atoms with Crippen molar-refractivity contribution in [1.82, 2.24) is 16.2 Å². The molecule has 0 bridgehead atoms. The number of benzene rings is 1. The SMILES string of the molecule is COCc1ccc(C(=O)NNC(=S)N[C@@H](C)COC)cc1. The van der Waals surface area contributed by atoms with Crippen molar-refractivity contribution >= 4 is 23.2 Å². The monoisotopic (exact) mass is 311 g/mol. The van der Waals surface area contributed by atoms with Gasteiger partial charge in [-0.1, -0.05) is 12.1 Å². The van der Waals surface area contributed by atoms with Gasteiger partial charge in [-0.15, -0.1) is 0 Å². The quantitative estimate of drug-likeness (QED) is 0.537. The highest BCUT2D eigenvalue weighted by Gasteiger charge is 2.07. The molecular weight excluding hydrogens is 290 g/mol. The Morgan fingerprint density at radius 3 is 2.43 bits per heavy atom. The number of carbonyl (C=O) groups excluding carboxylic acids is 1. The molecular formula is C14H21N3O3S. The number of thiocarbonyl (C=S) groups is 1. The Labute approximate surface area is 130 Å². The van der Waals surface area contributed by atoms with Gasteiger partial charge in [-0.3, -0.25) is 15.6 Å². The van der Waals surface area contributed by atoms with Gasteiger partial charge in [0.2, 0.25) is 0 Å². The highest BCUT2D eigenvalue weighted by atomic mass is 32.1. The Kier molecular flexibility index (Phi) is 7.66. The molecule has 116 valence electrons. The molecule has 0 saturated heterocycles. The van der Waals surface area contributed by atoms with Gasteiger partial charge in [-0.2, -0.15) is 0 Å². The van der Waals surface area contributed by atoms with Crippen LogP contribution in [0.4, 0.5) is 0 Å². The number of methoxy groups -OCH3 is 2. The lowest BCUT2D eigenvalue weighted by Crippen LogP contribution is -2.49. The maximum atomic E-state index is 11.9. The van der Waals surface area contributed by atoms with E-state index in [1.54, 1.807) is 26.4 Å². The van der Waals surface area contributed by atoms with Crippen LogP contribution in [0.25, 0.3) is 0 Å². The van der Waals surface area contributed by atoms with Crippen LogP contribution in [0, 0.1) is 0 Å². The number of rotatable bonds is 6. The summed E-state index contributed by atoms with van der Waals surface area (Å²) in [4.78, 5) is 11.9. The van der Waals surface area contributed by atoms with Crippen LogP contribution in [0.3, 0.4) is 0 Å². The summed E-state index contributed by atoms with van der Waals surface area (Å²) in [5.41, 5.74) is 6.73. The van der Waals surface area contributed by atoms with Crippen LogP contribution in [0.5, 0.6) is 0 Å². The summed E-state index contributed by atoms with van der Waals surface area (Å²) < 4.78 is 10.00. The highest BCUT2D eigenvalue weighted by Crippen LogP contribution is 2.05. The molecule has 1 aromatic rings. The Morgan fingerprint density at radius 2 is 1.86 bits per heavy atom. The van der Waals surface area contributed by atoms with Gasteiger partial charge in [0.1, 0.15) is 0 Å². The van der Waals surface area contributed by atoms with Crippen LogP contribution < -0.4 is 16.2 Å². The second kappa shape index (κ2) is 9.28. The molecule has 1 atom stereocenters. The minimum atomic E-state index is -0.262. The van der Waals surface area contributed by atoms with Gasteiger partial charge in [0, 0.05) is 25.8 Å². The van der Waals surface area contributed by atoms with Crippen molar-refractivity contribution in [2.24, 2.45) is 0 Å². The Morgan fingerprint density at radius 1 is 1.19 bits per heavy atom. The fourth-order valence-corrected chi connectivity index (χ4v) is 1.91. The van der Waals surface area contributed by atoms with Crippen molar-refractivity contribution in [3.63, 3.8) is 0 Å². The Balaban J connectivity index is 2.41. The van der Waals surface area contributed by atoms with Crippen LogP contribution in [0.15, 0.2) is 24.3 Å². The second-order valence-corrected chi connectivity index (χ2v) is 4.95. The maximum absolute atomic E-state index is 11.9. The average molecular weight is 311 g/mol. The molecule has 0 spiro atoms. The summed E-state index contributed by atoms with van der Waals surface area (Å²) in [6.45, 7) is 2.97. The molecule has 0 radical (unpaired) electrons. The highest BCUT2D eigenvalue weighted by molar-refractivity contribution is 7.80. The van der Waals surface area contributed by atoms with E-state index in [1.165, 1.54) is 0 Å². The van der Waals surface area contributed by atoms with Crippen molar-refractivity contribution in [3.05, 3.63) is 35.4 Å². The lowest BCUT2D eigenvalue weighted by atomic mass is 10.1. The maximum Gasteiger partial charge on any atom is 0.269 e. The molecule has 0 aromatic heterocycles. The van der Waals surface area contributed by atoms with E-state index in [0.29, 0.717) is 23.9 Å². The van der Waals surface area contributed by atoms with E-state index in [9.17, 15) is 4.79 Å². The number of carbonyl (C=O) groups is 1. The number of hydrazine groups is 1. The minimum absolute atomic E-state index is 0.0558. The third-order valence-electron chi connectivity index (χ3n) is 2.61. The molecule has 0 heterocycles. The van der Waals surface area contributed by atoms with E-state index in [-0.39, 0.29) is 11.9 Å². The zero-order chi connectivity index (χ0) is 15.7. The zero-order valence-electron chi connectivity index (χ0n) is 12.4. The molecule has 21 heavy (non-hydrogen) atoms. The van der Waals surface area contributed by atoms with E-state index in [2.05, 4.69) is 16.2 Å². The van der Waals surface area contributed by atoms with Gasteiger partial charge in [-0.25, -0.2) is 0 Å². The fraction of sp³-hybridized carbons (Fsp3) is 0.429. The molecule has 0 unspecified atom stereocenters. The van der Waals surface area contributed by atoms with Gasteiger partial charge >= 0.3 is 0 Å². The van der Waals surface area contributed by atoms with Crippen molar-refractivity contribution in [1.29, 1.82) is 0 Å². The van der Waals surface area contributed by atoms with Crippen LogP contribution in [0.1, 0.15) is 22.8 Å². The standard InChI is InChI=1S/C14H21N3O3S/c1-10(8-19-2)15-14(21)17-16-13(18)12-6-4-11(5-7-12)9-20-3/h4-7,10H,8-9H2,1-3H3,(H,16,18)(H2,15,17,21)/t10-/m0/s1. The average Bonchev–Trinajstić information content (AvgIpc) is 2.46. The fourth-order valence-electron chi connectivity index (χ4n) is 1.66. The number of nitrogens with one attached hydrogen (secondary N) is 3. The molecule has 1 aromatic carbocycles. The molecule has 0 saturated carbocycles. The van der Waals surface area contributed by atoms with E-state index in [1.807, 2.05) is 19.1 Å². The first kappa shape index (κ1) is 17.4. The van der Waals surface area contributed by atoms with Gasteiger partial charge in [0.25, 0.3) is 5.91 Å². The minimum Gasteiger partial charge on any atom is -0.383 e. The Bertz CT molecular complexity index is 465. The van der Waals surface area contributed by atoms with Crippen molar-refractivity contribution < 1.29 is 14.3 Å². The Hall–Kier alpha value is -1.70. The number of hydrogen-bond acceptors (Lipinski definition) is 4. The third kappa shape index (κ3) is 6.52. The third-order valence-corrected chi connectivity index (χ3v) is 2.83. The van der Waals surface area contributed by atoms with Gasteiger partial charge in [0.05, 0.1) is 13.2 Å². The molecule has 6 nitrogen and oxygen atoms in total. The van der Waals surface area contributed by atoms with Gasteiger partial charge < -0.3 is 14.8 Å². The van der Waals surface area contributed by atoms with E-state index in [4.69, 9.17) is 21.7 Å². The molecule has 0 aliphatic heterocycles. The first-order valence-corrected chi connectivity index (χ1v) is 6.91. The lowest BCUT2D eigenvalue weighted by molar-refractivity contribution is 0.0943. The summed E-state index contributed by atoms with van der Waals surface area (Å²) in [6, 6.07) is 7.20. The van der Waals surface area contributed by atoms with Crippen LogP contribution in [-0.2, 0) is 16.1 Å². The summed E-state index contributed by atoms with van der Waals surface area (Å²) in [6.07, 6.45) is 0. The first-order valence-electron chi connectivity index (χ1n) is 6.50. The van der Waals surface area contributed by atoms with Crippen LogP contribution in [-0.4, -0.2) is 37.9 Å². The predicted molar refractivity (Wildman–Crippen MR) is 84.8 cm³/mol. The molecule has 3 N–H and O–H groups in total. The van der Waals surface area contributed by atoms with Gasteiger partial charge in [-0.05, 0) is 36.8 Å². The molecule has 0 aliphatic carbocycles. The largest absolute Gasteiger partial charge is 0.383 e. The normalized spacial score (nSPS) is 11.6. The summed E-state index contributed by atoms with van der Waals surface area (Å²) in [5.74, 6) is -0.262. The summed E-state index contributed by atoms with van der Waals surface area (Å²) in [5, 5.41) is 3.31. The van der Waals surface area contributed by atoms with E-state index in [0.717, 1.165) is 5.56 Å². The molecule has 7 heteroatoms. The van der Waals surface area contributed by atoms with Gasteiger partial charge in [0.15, 0.2) is 5.11 Å². The first-order chi connectivity index (χ1) is 10.1. The van der Waals surface area contributed by atoms with E-state index >= 15 is 0 Å². The number of hydrogen-bond donors (Lipinski definition) is 3. The number of ether oxygens (including phenoxy) is 2. The molecule has 0 aliphatic rings. The van der Waals surface area contributed by atoms with Crippen molar-refractivity contribution in [2.45, 2.75) is 19.6 Å². The second-order valence-electron chi connectivity index (χ2n) is 4.54. The molecule has 1 rings (SSSR count). The number of amides is 1. The summed E-state index contributed by atoms with van der Waals surface area (Å²) >= 11 is 5.06. The smallest absolute Gasteiger partial charge is 0.269 e. The van der Waals surface area contributed by atoms with E-state index < -0.39 is 0 Å². The zero-order valence-corrected chi connectivity index (χ0v) is 13.3. The van der Waals surface area contributed by atoms with Crippen molar-refractivity contribution in [3.8, 4) is 0 Å². The van der Waals surface area contributed by atoms with Crippen LogP contribution in [0.2, 0.25) is 0 Å². The van der Waals surface area contributed by atoms with Crippen LogP contribution >= 0.6 is 12.2 Å². The lowest BCUT2D eigenvalue weighted by Gasteiger charge is -2.16. The molecule has 0 fully saturated rings. The summed E-state index contributed by atoms with van der Waals surface area (Å²) in [7, 11) is 3.24. The molecule has 1 amide bonds. The topological polar surface area (TPSA) is 71.6 Å².